The van der Waals surface area contributed by atoms with Crippen molar-refractivity contribution in [3.05, 3.63) is 29.3 Å². The van der Waals surface area contributed by atoms with Gasteiger partial charge in [-0.1, -0.05) is 0 Å². The summed E-state index contributed by atoms with van der Waals surface area (Å²) in [5, 5.41) is 6.18. The minimum atomic E-state index is 0.0466. The first-order valence-corrected chi connectivity index (χ1v) is 8.06. The van der Waals surface area contributed by atoms with E-state index >= 15 is 0 Å². The number of benzene rings is 1. The summed E-state index contributed by atoms with van der Waals surface area (Å²) in [5.74, 6) is 0.204. The molecule has 0 aromatic heterocycles. The highest BCUT2D eigenvalue weighted by atomic mass is 16.2. The van der Waals surface area contributed by atoms with Gasteiger partial charge in [0.15, 0.2) is 0 Å². The fourth-order valence-corrected chi connectivity index (χ4v) is 3.15. The molecule has 2 aliphatic heterocycles. The van der Waals surface area contributed by atoms with Gasteiger partial charge in [-0.15, -0.1) is 0 Å². The molecule has 118 valence electrons. The smallest absolute Gasteiger partial charge is 0.253 e. The third-order valence-electron chi connectivity index (χ3n) is 4.56. The van der Waals surface area contributed by atoms with Crippen LogP contribution in [0.25, 0.3) is 0 Å². The van der Waals surface area contributed by atoms with Crippen LogP contribution in [-0.4, -0.2) is 42.9 Å². The summed E-state index contributed by atoms with van der Waals surface area (Å²) < 4.78 is 0. The average molecular weight is 301 g/mol. The van der Waals surface area contributed by atoms with Gasteiger partial charge < -0.3 is 15.5 Å². The van der Waals surface area contributed by atoms with Gasteiger partial charge >= 0.3 is 0 Å². The van der Waals surface area contributed by atoms with Gasteiger partial charge in [0.25, 0.3) is 5.91 Å². The van der Waals surface area contributed by atoms with Crippen molar-refractivity contribution in [2.45, 2.75) is 26.2 Å². The van der Waals surface area contributed by atoms with E-state index in [0.29, 0.717) is 5.56 Å². The number of anilines is 1. The largest absolute Gasteiger partial charge is 0.339 e. The van der Waals surface area contributed by atoms with Gasteiger partial charge in [-0.05, 0) is 56.5 Å². The number of amides is 2. The van der Waals surface area contributed by atoms with Crippen molar-refractivity contribution in [2.75, 3.05) is 31.5 Å². The number of carbonyl (C=O) groups excluding carboxylic acids is 2. The van der Waals surface area contributed by atoms with E-state index in [1.807, 2.05) is 30.0 Å². The SMILES string of the molecule is Cc1cc(C(=O)N2CCCC2)ccc1NC(=O)C1CCNC1. The molecule has 1 aromatic rings. The normalized spacial score (nSPS) is 21.1. The van der Waals surface area contributed by atoms with Crippen LogP contribution in [0, 0.1) is 12.8 Å². The maximum Gasteiger partial charge on any atom is 0.253 e. The Morgan fingerprint density at radius 1 is 1.27 bits per heavy atom. The lowest BCUT2D eigenvalue weighted by molar-refractivity contribution is -0.119. The summed E-state index contributed by atoms with van der Waals surface area (Å²) in [4.78, 5) is 26.4. The Kier molecular flexibility index (Phi) is 4.43. The second-order valence-corrected chi connectivity index (χ2v) is 6.21. The molecule has 5 heteroatoms. The number of carbonyl (C=O) groups is 2. The summed E-state index contributed by atoms with van der Waals surface area (Å²) in [7, 11) is 0. The van der Waals surface area contributed by atoms with Crippen LogP contribution in [-0.2, 0) is 4.79 Å². The van der Waals surface area contributed by atoms with E-state index in [2.05, 4.69) is 10.6 Å². The maximum atomic E-state index is 12.4. The van der Waals surface area contributed by atoms with Crippen molar-refractivity contribution >= 4 is 17.5 Å². The number of hydrogen-bond acceptors (Lipinski definition) is 3. The minimum Gasteiger partial charge on any atom is -0.339 e. The number of aryl methyl sites for hydroxylation is 1. The van der Waals surface area contributed by atoms with Crippen molar-refractivity contribution in [1.29, 1.82) is 0 Å². The molecule has 0 bridgehead atoms. The zero-order valence-electron chi connectivity index (χ0n) is 13.0. The molecule has 0 radical (unpaired) electrons. The molecule has 2 aliphatic rings. The molecule has 1 atom stereocenters. The molecular weight excluding hydrogens is 278 g/mol. The van der Waals surface area contributed by atoms with Crippen LogP contribution < -0.4 is 10.6 Å². The molecule has 1 aromatic carbocycles. The van der Waals surface area contributed by atoms with Crippen molar-refractivity contribution < 1.29 is 9.59 Å². The molecule has 2 fully saturated rings. The second-order valence-electron chi connectivity index (χ2n) is 6.21. The lowest BCUT2D eigenvalue weighted by Crippen LogP contribution is -2.28. The van der Waals surface area contributed by atoms with Crippen LogP contribution in [0.5, 0.6) is 0 Å². The van der Waals surface area contributed by atoms with E-state index in [1.54, 1.807) is 0 Å². The summed E-state index contributed by atoms with van der Waals surface area (Å²) in [5.41, 5.74) is 2.44. The van der Waals surface area contributed by atoms with Crippen LogP contribution in [0.4, 0.5) is 5.69 Å². The fraction of sp³-hybridized carbons (Fsp3) is 0.529. The average Bonchev–Trinajstić information content (AvgIpc) is 3.21. The number of nitrogens with one attached hydrogen (secondary N) is 2. The monoisotopic (exact) mass is 301 g/mol. The third kappa shape index (κ3) is 3.14. The highest BCUT2D eigenvalue weighted by Crippen LogP contribution is 2.21. The van der Waals surface area contributed by atoms with Crippen molar-refractivity contribution in [3.63, 3.8) is 0 Å². The Bertz CT molecular complexity index is 573. The Morgan fingerprint density at radius 2 is 2.05 bits per heavy atom. The van der Waals surface area contributed by atoms with E-state index in [-0.39, 0.29) is 17.7 Å². The van der Waals surface area contributed by atoms with Gasteiger partial charge in [-0.3, -0.25) is 9.59 Å². The van der Waals surface area contributed by atoms with E-state index in [0.717, 1.165) is 56.7 Å². The highest BCUT2D eigenvalue weighted by molar-refractivity contribution is 5.97. The van der Waals surface area contributed by atoms with Crippen molar-refractivity contribution in [3.8, 4) is 0 Å². The molecule has 0 saturated carbocycles. The molecule has 2 saturated heterocycles. The van der Waals surface area contributed by atoms with Crippen LogP contribution >= 0.6 is 0 Å². The molecule has 2 N–H and O–H groups in total. The predicted molar refractivity (Wildman–Crippen MR) is 85.9 cm³/mol. The molecule has 0 spiro atoms. The molecule has 3 rings (SSSR count). The van der Waals surface area contributed by atoms with E-state index in [1.165, 1.54) is 0 Å². The Balaban J connectivity index is 1.68. The van der Waals surface area contributed by atoms with E-state index in [4.69, 9.17) is 0 Å². The van der Waals surface area contributed by atoms with E-state index in [9.17, 15) is 9.59 Å². The molecule has 1 unspecified atom stereocenters. The molecule has 2 heterocycles. The summed E-state index contributed by atoms with van der Waals surface area (Å²) in [6.45, 7) is 5.29. The lowest BCUT2D eigenvalue weighted by atomic mass is 10.1. The van der Waals surface area contributed by atoms with Gasteiger partial charge in [0.05, 0.1) is 5.92 Å². The number of likely N-dealkylation sites (tertiary alicyclic amines) is 1. The van der Waals surface area contributed by atoms with Crippen molar-refractivity contribution in [1.82, 2.24) is 10.2 Å². The molecule has 5 nitrogen and oxygen atoms in total. The summed E-state index contributed by atoms with van der Waals surface area (Å²) in [6.07, 6.45) is 3.07. The molecule has 0 aliphatic carbocycles. The third-order valence-corrected chi connectivity index (χ3v) is 4.56. The maximum absolute atomic E-state index is 12.4. The quantitative estimate of drug-likeness (QED) is 0.894. The number of nitrogens with zero attached hydrogens (tertiary/aromatic N) is 1. The summed E-state index contributed by atoms with van der Waals surface area (Å²) in [6, 6.07) is 5.54. The topological polar surface area (TPSA) is 61.4 Å². The Hall–Kier alpha value is -1.88. The molecular formula is C17H23N3O2. The zero-order valence-corrected chi connectivity index (χ0v) is 13.0. The van der Waals surface area contributed by atoms with Gasteiger partial charge in [0.1, 0.15) is 0 Å². The first-order chi connectivity index (χ1) is 10.6. The molecule has 2 amide bonds. The second kappa shape index (κ2) is 6.48. The highest BCUT2D eigenvalue weighted by Gasteiger charge is 2.23. The van der Waals surface area contributed by atoms with Crippen LogP contribution in [0.2, 0.25) is 0 Å². The Morgan fingerprint density at radius 3 is 2.68 bits per heavy atom. The van der Waals surface area contributed by atoms with Gasteiger partial charge in [-0.25, -0.2) is 0 Å². The zero-order chi connectivity index (χ0) is 15.5. The Labute approximate surface area is 131 Å². The van der Waals surface area contributed by atoms with Crippen LogP contribution in [0.3, 0.4) is 0 Å². The number of hydrogen-bond donors (Lipinski definition) is 2. The lowest BCUT2D eigenvalue weighted by Gasteiger charge is -2.17. The predicted octanol–water partition coefficient (Wildman–Crippen LogP) is 1.78. The first-order valence-electron chi connectivity index (χ1n) is 8.06. The molecule has 22 heavy (non-hydrogen) atoms. The van der Waals surface area contributed by atoms with Gasteiger partial charge in [0.2, 0.25) is 5.91 Å². The van der Waals surface area contributed by atoms with Crippen molar-refractivity contribution in [2.24, 2.45) is 5.92 Å². The first kappa shape index (κ1) is 15.0. The standard InChI is InChI=1S/C17H23N3O2/c1-12-10-13(17(22)20-8-2-3-9-20)4-5-15(12)19-16(21)14-6-7-18-11-14/h4-5,10,14,18H,2-3,6-9,11H2,1H3,(H,19,21). The number of rotatable bonds is 3. The van der Waals surface area contributed by atoms with Gasteiger partial charge in [-0.2, -0.15) is 0 Å². The van der Waals surface area contributed by atoms with Crippen LogP contribution in [0.1, 0.15) is 35.2 Å². The fourth-order valence-electron chi connectivity index (χ4n) is 3.15. The van der Waals surface area contributed by atoms with E-state index < -0.39 is 0 Å². The minimum absolute atomic E-state index is 0.0466. The van der Waals surface area contributed by atoms with Gasteiger partial charge in [0, 0.05) is 30.9 Å². The van der Waals surface area contributed by atoms with Crippen LogP contribution in [0.15, 0.2) is 18.2 Å². The summed E-state index contributed by atoms with van der Waals surface area (Å²) >= 11 is 0.